The molecule has 0 saturated carbocycles. The van der Waals surface area contributed by atoms with E-state index in [2.05, 4.69) is 22.2 Å². The van der Waals surface area contributed by atoms with Gasteiger partial charge >= 0.3 is 6.18 Å². The van der Waals surface area contributed by atoms with E-state index < -0.39 is 35.4 Å². The largest absolute Gasteiger partial charge is 0.418 e. The molecular weight excluding hydrogens is 457 g/mol. The lowest BCUT2D eigenvalue weighted by atomic mass is 10.00. The average molecular weight is 479 g/mol. The fourth-order valence-corrected chi connectivity index (χ4v) is 4.30. The molecule has 33 heavy (non-hydrogen) atoms. The zero-order valence-electron chi connectivity index (χ0n) is 17.8. The summed E-state index contributed by atoms with van der Waals surface area (Å²) in [6, 6.07) is 10.1. The van der Waals surface area contributed by atoms with Gasteiger partial charge in [-0.25, -0.2) is 4.68 Å². The number of alkyl halides is 3. The first kappa shape index (κ1) is 23.1. The van der Waals surface area contributed by atoms with E-state index in [1.165, 1.54) is 6.07 Å². The Kier molecular flexibility index (Phi) is 6.34. The Morgan fingerprint density at radius 2 is 1.94 bits per heavy atom. The maximum atomic E-state index is 13.4. The minimum atomic E-state index is -4.70. The van der Waals surface area contributed by atoms with Gasteiger partial charge in [0.1, 0.15) is 6.54 Å². The van der Waals surface area contributed by atoms with Crippen molar-refractivity contribution in [3.63, 3.8) is 0 Å². The van der Waals surface area contributed by atoms with Gasteiger partial charge in [0.15, 0.2) is 5.82 Å². The predicted octanol–water partition coefficient (Wildman–Crippen LogP) is 4.94. The Hall–Kier alpha value is -3.07. The molecule has 1 saturated heterocycles. The number of piperidine rings is 1. The molecule has 1 atom stereocenters. The number of amides is 1. The highest BCUT2D eigenvalue weighted by atomic mass is 35.5. The molecule has 2 heterocycles. The third-order valence-corrected chi connectivity index (χ3v) is 5.89. The van der Waals surface area contributed by atoms with Gasteiger partial charge in [-0.15, -0.1) is 0 Å². The second kappa shape index (κ2) is 9.05. The van der Waals surface area contributed by atoms with E-state index in [4.69, 9.17) is 11.6 Å². The molecule has 174 valence electrons. The number of nitrogens with zero attached hydrogens (tertiary/aromatic N) is 3. The standard InChI is InChI=1S/C23H22ClF3N4O2/c1-14-5-4-10-30(12-14)21-16-6-2-3-7-17(16)22(33)31(29-21)13-20(32)28-19-9-8-15(24)11-18(19)23(25,26)27/h2-3,6-9,11,14H,4-5,10,12-13H2,1H3,(H,28,32)/t14-/m1/s1. The molecule has 3 aromatic rings. The Morgan fingerprint density at radius 1 is 1.21 bits per heavy atom. The molecule has 1 aliphatic heterocycles. The summed E-state index contributed by atoms with van der Waals surface area (Å²) in [5.41, 5.74) is -1.98. The van der Waals surface area contributed by atoms with Crippen molar-refractivity contribution >= 4 is 39.8 Å². The maximum absolute atomic E-state index is 13.4. The molecule has 0 spiro atoms. The number of aromatic nitrogens is 2. The van der Waals surface area contributed by atoms with Gasteiger partial charge in [-0.2, -0.15) is 18.3 Å². The number of hydrogen-bond acceptors (Lipinski definition) is 4. The normalized spacial score (nSPS) is 16.8. The summed E-state index contributed by atoms with van der Waals surface area (Å²) >= 11 is 5.69. The van der Waals surface area contributed by atoms with Crippen LogP contribution in [0.15, 0.2) is 47.3 Å². The van der Waals surface area contributed by atoms with E-state index in [0.29, 0.717) is 22.5 Å². The van der Waals surface area contributed by atoms with Gasteiger partial charge < -0.3 is 10.2 Å². The van der Waals surface area contributed by atoms with Crippen molar-refractivity contribution in [2.45, 2.75) is 32.5 Å². The average Bonchev–Trinajstić information content (AvgIpc) is 2.76. The molecule has 0 radical (unpaired) electrons. The van der Waals surface area contributed by atoms with Crippen LogP contribution < -0.4 is 15.8 Å². The number of rotatable bonds is 4. The van der Waals surface area contributed by atoms with Crippen LogP contribution in [0.1, 0.15) is 25.3 Å². The summed E-state index contributed by atoms with van der Waals surface area (Å²) in [4.78, 5) is 27.7. The summed E-state index contributed by atoms with van der Waals surface area (Å²) in [6.45, 7) is 3.15. The van der Waals surface area contributed by atoms with E-state index in [1.807, 2.05) is 12.1 Å². The fraction of sp³-hybridized carbons (Fsp3) is 0.348. The van der Waals surface area contributed by atoms with Crippen molar-refractivity contribution in [2.24, 2.45) is 5.92 Å². The Labute approximate surface area is 192 Å². The number of carbonyl (C=O) groups is 1. The first-order valence-electron chi connectivity index (χ1n) is 10.5. The number of anilines is 2. The molecule has 1 aliphatic rings. The van der Waals surface area contributed by atoms with Crippen molar-refractivity contribution in [1.29, 1.82) is 0 Å². The first-order valence-corrected chi connectivity index (χ1v) is 10.9. The van der Waals surface area contributed by atoms with E-state index >= 15 is 0 Å². The van der Waals surface area contributed by atoms with Gasteiger partial charge in [-0.1, -0.05) is 36.7 Å². The molecular formula is C23H22ClF3N4O2. The third kappa shape index (κ3) is 4.98. The second-order valence-electron chi connectivity index (χ2n) is 8.26. The van der Waals surface area contributed by atoms with Gasteiger partial charge in [0.25, 0.3) is 5.56 Å². The SMILES string of the molecule is C[C@@H]1CCCN(c2nn(CC(=O)Nc3ccc(Cl)cc3C(F)(F)F)c(=O)c3ccccc23)C1. The summed E-state index contributed by atoms with van der Waals surface area (Å²) in [7, 11) is 0. The Morgan fingerprint density at radius 3 is 2.64 bits per heavy atom. The number of hydrogen-bond donors (Lipinski definition) is 1. The number of halogens is 4. The molecule has 1 amide bonds. The van der Waals surface area contributed by atoms with Crippen LogP contribution in [0.3, 0.4) is 0 Å². The molecule has 0 aliphatic carbocycles. The molecule has 4 rings (SSSR count). The first-order chi connectivity index (χ1) is 15.6. The van der Waals surface area contributed by atoms with Crippen LogP contribution >= 0.6 is 11.6 Å². The van der Waals surface area contributed by atoms with Crippen molar-refractivity contribution in [3.05, 3.63) is 63.4 Å². The lowest BCUT2D eigenvalue weighted by Crippen LogP contribution is -2.38. The van der Waals surface area contributed by atoms with E-state index in [0.717, 1.165) is 42.7 Å². The van der Waals surface area contributed by atoms with Gasteiger partial charge in [-0.3, -0.25) is 9.59 Å². The smallest absolute Gasteiger partial charge is 0.354 e. The molecule has 1 aromatic heterocycles. The highest BCUT2D eigenvalue weighted by molar-refractivity contribution is 6.30. The maximum Gasteiger partial charge on any atom is 0.418 e. The van der Waals surface area contributed by atoms with Crippen LogP contribution in [-0.4, -0.2) is 28.8 Å². The quantitative estimate of drug-likeness (QED) is 0.576. The van der Waals surface area contributed by atoms with E-state index in [-0.39, 0.29) is 5.02 Å². The van der Waals surface area contributed by atoms with Crippen molar-refractivity contribution in [1.82, 2.24) is 9.78 Å². The Bertz CT molecular complexity index is 1260. The zero-order chi connectivity index (χ0) is 23.8. The molecule has 2 aromatic carbocycles. The summed E-state index contributed by atoms with van der Waals surface area (Å²) < 4.78 is 41.1. The van der Waals surface area contributed by atoms with Gasteiger partial charge in [0.2, 0.25) is 5.91 Å². The molecule has 0 unspecified atom stereocenters. The number of nitrogens with one attached hydrogen (secondary N) is 1. The van der Waals surface area contributed by atoms with Crippen LogP contribution in [-0.2, 0) is 17.5 Å². The van der Waals surface area contributed by atoms with Crippen LogP contribution in [0, 0.1) is 5.92 Å². The van der Waals surface area contributed by atoms with Gasteiger partial charge in [0, 0.05) is 23.5 Å². The van der Waals surface area contributed by atoms with Crippen molar-refractivity contribution < 1.29 is 18.0 Å². The predicted molar refractivity (Wildman–Crippen MR) is 122 cm³/mol. The number of benzene rings is 2. The molecule has 1 N–H and O–H groups in total. The number of carbonyl (C=O) groups excluding carboxylic acids is 1. The third-order valence-electron chi connectivity index (χ3n) is 5.66. The molecule has 1 fully saturated rings. The van der Waals surface area contributed by atoms with Gasteiger partial charge in [0.05, 0.1) is 16.6 Å². The highest BCUT2D eigenvalue weighted by Crippen LogP contribution is 2.36. The number of fused-ring (bicyclic) bond motifs is 1. The van der Waals surface area contributed by atoms with Crippen LogP contribution in [0.5, 0.6) is 0 Å². The lowest BCUT2D eigenvalue weighted by molar-refractivity contribution is -0.137. The van der Waals surface area contributed by atoms with Crippen LogP contribution in [0.2, 0.25) is 5.02 Å². The van der Waals surface area contributed by atoms with E-state index in [1.54, 1.807) is 12.1 Å². The summed E-state index contributed by atoms with van der Waals surface area (Å²) in [6.07, 6.45) is -2.63. The monoisotopic (exact) mass is 478 g/mol. The van der Waals surface area contributed by atoms with Gasteiger partial charge in [-0.05, 0) is 43.0 Å². The topological polar surface area (TPSA) is 67.2 Å². The molecule has 10 heteroatoms. The fourth-order valence-electron chi connectivity index (χ4n) is 4.13. The lowest BCUT2D eigenvalue weighted by Gasteiger charge is -2.32. The van der Waals surface area contributed by atoms with Crippen molar-refractivity contribution in [3.8, 4) is 0 Å². The minimum Gasteiger partial charge on any atom is -0.354 e. The summed E-state index contributed by atoms with van der Waals surface area (Å²) in [5.74, 6) is 0.242. The van der Waals surface area contributed by atoms with Crippen LogP contribution in [0.25, 0.3) is 10.8 Å². The molecule has 0 bridgehead atoms. The highest BCUT2D eigenvalue weighted by Gasteiger charge is 2.34. The van der Waals surface area contributed by atoms with Crippen LogP contribution in [0.4, 0.5) is 24.7 Å². The Balaban J connectivity index is 1.68. The minimum absolute atomic E-state index is 0.104. The van der Waals surface area contributed by atoms with Crippen molar-refractivity contribution in [2.75, 3.05) is 23.3 Å². The zero-order valence-corrected chi connectivity index (χ0v) is 18.6. The van der Waals surface area contributed by atoms with E-state index in [9.17, 15) is 22.8 Å². The molecule has 6 nitrogen and oxygen atoms in total. The summed E-state index contributed by atoms with van der Waals surface area (Å²) in [5, 5.41) is 7.68. The second-order valence-corrected chi connectivity index (χ2v) is 8.70.